The molecule has 0 unspecified atom stereocenters. The second-order valence-corrected chi connectivity index (χ2v) is 6.15. The molecule has 88 valence electrons. The van der Waals surface area contributed by atoms with E-state index in [1.54, 1.807) is 0 Å². The number of hydrogen-bond donors (Lipinski definition) is 1. The van der Waals surface area contributed by atoms with Gasteiger partial charge in [0.25, 0.3) is 0 Å². The molecule has 1 rings (SSSR count). The predicted octanol–water partition coefficient (Wildman–Crippen LogP) is 0.914. The Hall–Kier alpha value is -1.07. The van der Waals surface area contributed by atoms with E-state index in [0.717, 1.165) is 5.56 Å². The standard InChI is InChI=1S/C10H12ClNO3S/c11-16(14,15)7-6-12-10(13)8-9-4-2-1-3-5-9/h1-5H,6-8H2,(H,12,13). The summed E-state index contributed by atoms with van der Waals surface area (Å²) < 4.78 is 21.2. The smallest absolute Gasteiger partial charge is 0.234 e. The molecule has 0 spiro atoms. The van der Waals surface area contributed by atoms with E-state index in [1.807, 2.05) is 30.3 Å². The van der Waals surface area contributed by atoms with Crippen molar-refractivity contribution in [2.24, 2.45) is 0 Å². The number of carbonyl (C=O) groups excluding carboxylic acids is 1. The first kappa shape index (κ1) is 13.0. The van der Waals surface area contributed by atoms with Gasteiger partial charge in [-0.2, -0.15) is 0 Å². The van der Waals surface area contributed by atoms with Crippen LogP contribution < -0.4 is 5.32 Å². The average Bonchev–Trinajstić information content (AvgIpc) is 2.17. The average molecular weight is 262 g/mol. The SMILES string of the molecule is O=C(Cc1ccccc1)NCCS(=O)(=O)Cl. The summed E-state index contributed by atoms with van der Waals surface area (Å²) in [4.78, 5) is 11.3. The first-order chi connectivity index (χ1) is 7.47. The van der Waals surface area contributed by atoms with Crippen LogP contribution in [0.1, 0.15) is 5.56 Å². The third-order valence-electron chi connectivity index (χ3n) is 1.88. The molecule has 1 amide bonds. The summed E-state index contributed by atoms with van der Waals surface area (Å²) in [7, 11) is 1.46. The van der Waals surface area contributed by atoms with Crippen LogP contribution in [-0.4, -0.2) is 26.6 Å². The zero-order valence-electron chi connectivity index (χ0n) is 8.52. The molecule has 0 radical (unpaired) electrons. The van der Waals surface area contributed by atoms with Crippen molar-refractivity contribution in [3.8, 4) is 0 Å². The van der Waals surface area contributed by atoms with E-state index in [-0.39, 0.29) is 24.6 Å². The molecule has 0 aliphatic carbocycles. The Morgan fingerprint density at radius 2 is 1.88 bits per heavy atom. The minimum atomic E-state index is -3.54. The van der Waals surface area contributed by atoms with Crippen LogP contribution >= 0.6 is 10.7 Å². The quantitative estimate of drug-likeness (QED) is 0.802. The van der Waals surface area contributed by atoms with Gasteiger partial charge in [-0.1, -0.05) is 30.3 Å². The Morgan fingerprint density at radius 3 is 2.44 bits per heavy atom. The van der Waals surface area contributed by atoms with E-state index in [0.29, 0.717) is 0 Å². The fraction of sp³-hybridized carbons (Fsp3) is 0.300. The van der Waals surface area contributed by atoms with Gasteiger partial charge in [-0.3, -0.25) is 4.79 Å². The molecule has 0 bridgehead atoms. The van der Waals surface area contributed by atoms with Crippen molar-refractivity contribution < 1.29 is 13.2 Å². The molecule has 0 fully saturated rings. The van der Waals surface area contributed by atoms with E-state index >= 15 is 0 Å². The predicted molar refractivity (Wildman–Crippen MR) is 62.8 cm³/mol. The van der Waals surface area contributed by atoms with Gasteiger partial charge in [0.05, 0.1) is 12.2 Å². The van der Waals surface area contributed by atoms with Crippen molar-refractivity contribution in [2.45, 2.75) is 6.42 Å². The van der Waals surface area contributed by atoms with E-state index in [2.05, 4.69) is 5.32 Å². The highest BCUT2D eigenvalue weighted by molar-refractivity contribution is 8.13. The van der Waals surface area contributed by atoms with Crippen molar-refractivity contribution in [1.82, 2.24) is 5.32 Å². The Balaban J connectivity index is 2.32. The van der Waals surface area contributed by atoms with E-state index in [4.69, 9.17) is 10.7 Å². The molecule has 4 nitrogen and oxygen atoms in total. The molecular weight excluding hydrogens is 250 g/mol. The highest BCUT2D eigenvalue weighted by Gasteiger charge is 2.07. The Labute approximate surface area is 99.0 Å². The summed E-state index contributed by atoms with van der Waals surface area (Å²) in [5.74, 6) is -0.471. The summed E-state index contributed by atoms with van der Waals surface area (Å²) >= 11 is 0. The Kier molecular flexibility index (Phi) is 4.76. The summed E-state index contributed by atoms with van der Waals surface area (Å²) in [6.45, 7) is 0.0392. The van der Waals surface area contributed by atoms with Crippen LogP contribution in [0.25, 0.3) is 0 Å². The molecule has 0 aliphatic heterocycles. The lowest BCUT2D eigenvalue weighted by Crippen LogP contribution is -2.29. The normalized spacial score (nSPS) is 11.1. The van der Waals surface area contributed by atoms with Gasteiger partial charge >= 0.3 is 0 Å². The zero-order valence-corrected chi connectivity index (χ0v) is 10.1. The molecule has 0 aromatic heterocycles. The van der Waals surface area contributed by atoms with Crippen LogP contribution in [0.4, 0.5) is 0 Å². The maximum atomic E-state index is 11.3. The largest absolute Gasteiger partial charge is 0.355 e. The maximum Gasteiger partial charge on any atom is 0.234 e. The third kappa shape index (κ3) is 5.72. The van der Waals surface area contributed by atoms with Gasteiger partial charge in [0.1, 0.15) is 0 Å². The van der Waals surface area contributed by atoms with Crippen molar-refractivity contribution >= 4 is 25.6 Å². The van der Waals surface area contributed by atoms with Crippen LogP contribution in [0, 0.1) is 0 Å². The summed E-state index contributed by atoms with van der Waals surface area (Å²) in [5, 5.41) is 2.49. The fourth-order valence-electron chi connectivity index (χ4n) is 1.16. The second-order valence-electron chi connectivity index (χ2n) is 3.26. The Bertz CT molecular complexity index is 444. The molecule has 1 aromatic carbocycles. The number of carbonyl (C=O) groups is 1. The van der Waals surface area contributed by atoms with Crippen LogP contribution in [0.3, 0.4) is 0 Å². The minimum Gasteiger partial charge on any atom is -0.355 e. The molecule has 0 atom stereocenters. The highest BCUT2D eigenvalue weighted by Crippen LogP contribution is 1.99. The van der Waals surface area contributed by atoms with Gasteiger partial charge in [0.2, 0.25) is 15.0 Å². The number of amides is 1. The second kappa shape index (κ2) is 5.86. The minimum absolute atomic E-state index is 0.0392. The first-order valence-electron chi connectivity index (χ1n) is 4.70. The summed E-state index contributed by atoms with van der Waals surface area (Å²) in [6, 6.07) is 9.20. The van der Waals surface area contributed by atoms with Gasteiger partial charge in [0.15, 0.2) is 0 Å². The molecule has 1 N–H and O–H groups in total. The van der Waals surface area contributed by atoms with Gasteiger partial charge in [-0.15, -0.1) is 0 Å². The van der Waals surface area contributed by atoms with Crippen molar-refractivity contribution in [3.63, 3.8) is 0 Å². The van der Waals surface area contributed by atoms with Crippen molar-refractivity contribution in [2.75, 3.05) is 12.3 Å². The molecule has 1 aromatic rings. The van der Waals surface area contributed by atoms with Gasteiger partial charge in [-0.25, -0.2) is 8.42 Å². The molecule has 6 heteroatoms. The lowest BCUT2D eigenvalue weighted by atomic mass is 10.1. The number of benzene rings is 1. The fourth-order valence-corrected chi connectivity index (χ4v) is 1.73. The number of nitrogens with one attached hydrogen (secondary N) is 1. The van der Waals surface area contributed by atoms with E-state index in [1.165, 1.54) is 0 Å². The molecule has 0 aliphatic rings. The first-order valence-corrected chi connectivity index (χ1v) is 7.18. The molecule has 0 saturated carbocycles. The number of rotatable bonds is 5. The molecule has 0 heterocycles. The van der Waals surface area contributed by atoms with E-state index in [9.17, 15) is 13.2 Å². The number of halogens is 1. The van der Waals surface area contributed by atoms with Gasteiger partial charge < -0.3 is 5.32 Å². The van der Waals surface area contributed by atoms with Gasteiger partial charge in [0, 0.05) is 17.2 Å². The lowest BCUT2D eigenvalue weighted by Gasteiger charge is -2.03. The molecular formula is C10H12ClNO3S. The summed E-state index contributed by atoms with van der Waals surface area (Å²) in [5.41, 5.74) is 0.883. The van der Waals surface area contributed by atoms with Crippen LogP contribution in [-0.2, 0) is 20.3 Å². The van der Waals surface area contributed by atoms with Crippen LogP contribution in [0.5, 0.6) is 0 Å². The number of hydrogen-bond acceptors (Lipinski definition) is 3. The monoisotopic (exact) mass is 261 g/mol. The summed E-state index contributed by atoms with van der Waals surface area (Å²) in [6.07, 6.45) is 0.239. The van der Waals surface area contributed by atoms with Crippen molar-refractivity contribution in [1.29, 1.82) is 0 Å². The van der Waals surface area contributed by atoms with Gasteiger partial charge in [-0.05, 0) is 5.56 Å². The molecule has 0 saturated heterocycles. The maximum absolute atomic E-state index is 11.3. The lowest BCUT2D eigenvalue weighted by molar-refractivity contribution is -0.120. The highest BCUT2D eigenvalue weighted by atomic mass is 35.7. The van der Waals surface area contributed by atoms with Crippen LogP contribution in [0.15, 0.2) is 30.3 Å². The Morgan fingerprint density at radius 1 is 1.25 bits per heavy atom. The zero-order chi connectivity index (χ0) is 12.0. The third-order valence-corrected chi connectivity index (χ3v) is 3.03. The van der Waals surface area contributed by atoms with Crippen LogP contribution in [0.2, 0.25) is 0 Å². The topological polar surface area (TPSA) is 63.2 Å². The van der Waals surface area contributed by atoms with E-state index < -0.39 is 9.05 Å². The van der Waals surface area contributed by atoms with Crippen molar-refractivity contribution in [3.05, 3.63) is 35.9 Å². The molecule has 16 heavy (non-hydrogen) atoms.